The average Bonchev–Trinajstić information content (AvgIpc) is 3.37. The first-order valence-corrected chi connectivity index (χ1v) is 26.9. The van der Waals surface area contributed by atoms with Crippen LogP contribution >= 0.6 is 0 Å². The number of carbonyl (C=O) groups excluding carboxylic acids is 1. The van der Waals surface area contributed by atoms with Crippen molar-refractivity contribution in [3.8, 4) is 0 Å². The lowest BCUT2D eigenvalue weighted by molar-refractivity contribution is -0.384. The monoisotopic (exact) mass is 1060 g/mol. The van der Waals surface area contributed by atoms with Crippen molar-refractivity contribution in [2.45, 2.75) is 216 Å². The van der Waals surface area contributed by atoms with Crippen LogP contribution in [-0.2, 0) is 42.7 Å². The second-order valence-corrected chi connectivity index (χ2v) is 24.7. The van der Waals surface area contributed by atoms with Crippen LogP contribution in [0.25, 0.3) is 0 Å². The van der Waals surface area contributed by atoms with Gasteiger partial charge in [-0.25, -0.2) is 0 Å². The maximum absolute atomic E-state index is 14.8. The minimum Gasteiger partial charge on any atom is -0.432 e. The highest BCUT2D eigenvalue weighted by molar-refractivity contribution is 5.79. The molecule has 0 radical (unpaired) electrons. The van der Waals surface area contributed by atoms with E-state index in [-0.39, 0.29) is 48.2 Å². The molecule has 0 aromatic heterocycles. The number of allylic oxidation sites excluding steroid dienone is 1. The Bertz CT molecular complexity index is 2010. The standard InChI is InChI=1S/C52H84O22/c1-22-9-14-51(47(66)74-45-40(65)37(62)35(60)28(18-54)70-45)15-16-52(21-55)24(32(51)23(22)2)7-8-30-49(5)12-11-31(48(3,4)29(49)10-13-50(30,52)6)71-46-42(73-43-38(63)33(58)25(56)19-67-43)41(26(57)20-68-46)72-44-39(64)36(61)34(59)27(17-53)69-44/h7,22-23,25-46,53-65H,8-21H2,1-6H3/t22-,23+,25-,26+,27-,28-,29+,30-,31+,32+,33+,34-,35-,36+,37+,38-,39-,40-,41+,42-,43+,44+,45+,46+,49+,50-,51+,52+/m1/s1. The van der Waals surface area contributed by atoms with Crippen molar-refractivity contribution in [1.29, 1.82) is 0 Å². The fourth-order valence-corrected chi connectivity index (χ4v) is 16.3. The van der Waals surface area contributed by atoms with Crippen LogP contribution in [0, 0.1) is 56.7 Å². The fraction of sp³-hybridized carbons (Fsp3) is 0.942. The smallest absolute Gasteiger partial charge is 0.315 e. The molecule has 4 aliphatic heterocycles. The van der Waals surface area contributed by atoms with Gasteiger partial charge in [0.25, 0.3) is 0 Å². The van der Waals surface area contributed by atoms with E-state index >= 15 is 0 Å². The van der Waals surface area contributed by atoms with Crippen LogP contribution in [0.2, 0.25) is 0 Å². The normalized spacial score (nSPS) is 54.4. The van der Waals surface area contributed by atoms with Gasteiger partial charge in [0.05, 0.1) is 44.6 Å². The summed E-state index contributed by atoms with van der Waals surface area (Å²) in [6.45, 7) is 11.0. The van der Waals surface area contributed by atoms with E-state index in [0.29, 0.717) is 38.5 Å². The molecule has 0 aromatic rings. The summed E-state index contributed by atoms with van der Waals surface area (Å²) in [7, 11) is 0. The molecule has 8 fully saturated rings. The van der Waals surface area contributed by atoms with Gasteiger partial charge in [-0.3, -0.25) is 4.79 Å². The first kappa shape index (κ1) is 57.1. The first-order chi connectivity index (χ1) is 34.9. The number of aliphatic hydroxyl groups is 13. The van der Waals surface area contributed by atoms with E-state index in [1.165, 1.54) is 0 Å². The summed E-state index contributed by atoms with van der Waals surface area (Å²) in [4.78, 5) is 14.8. The summed E-state index contributed by atoms with van der Waals surface area (Å²) in [6.07, 6.45) is -21.2. The fourth-order valence-electron chi connectivity index (χ4n) is 16.3. The molecule has 0 bridgehead atoms. The Morgan fingerprint density at radius 1 is 0.608 bits per heavy atom. The van der Waals surface area contributed by atoms with Gasteiger partial charge in [-0.2, -0.15) is 0 Å². The zero-order valence-corrected chi connectivity index (χ0v) is 43.3. The van der Waals surface area contributed by atoms with Crippen LogP contribution in [-0.4, -0.2) is 222 Å². The molecule has 5 aliphatic carbocycles. The van der Waals surface area contributed by atoms with Crippen molar-refractivity contribution in [1.82, 2.24) is 0 Å². The molecule has 4 saturated heterocycles. The molecule has 0 spiro atoms. The van der Waals surface area contributed by atoms with Crippen LogP contribution in [0.1, 0.15) is 99.3 Å². The number of fused-ring (bicyclic) bond motifs is 7. The summed E-state index contributed by atoms with van der Waals surface area (Å²) in [6, 6.07) is 0. The Morgan fingerprint density at radius 3 is 1.85 bits per heavy atom. The second-order valence-electron chi connectivity index (χ2n) is 24.7. The minimum atomic E-state index is -1.84. The zero-order chi connectivity index (χ0) is 53.8. The van der Waals surface area contributed by atoms with E-state index in [2.05, 4.69) is 47.6 Å². The van der Waals surface area contributed by atoms with E-state index in [1.807, 2.05) is 0 Å². The summed E-state index contributed by atoms with van der Waals surface area (Å²) >= 11 is 0. The molecule has 0 amide bonds. The second kappa shape index (κ2) is 21.1. The molecule has 0 unspecified atom stereocenters. The molecule has 9 rings (SSSR count). The van der Waals surface area contributed by atoms with Gasteiger partial charge in [0, 0.05) is 5.41 Å². The van der Waals surface area contributed by atoms with Crippen LogP contribution in [0.15, 0.2) is 11.6 Å². The third-order valence-electron chi connectivity index (χ3n) is 20.9. The van der Waals surface area contributed by atoms with Gasteiger partial charge < -0.3 is 104 Å². The number of hydrogen-bond acceptors (Lipinski definition) is 22. The largest absolute Gasteiger partial charge is 0.432 e. The average molecular weight is 1060 g/mol. The Kier molecular flexibility index (Phi) is 16.3. The molecular weight excluding hydrogens is 977 g/mol. The van der Waals surface area contributed by atoms with Crippen molar-refractivity contribution in [3.05, 3.63) is 11.6 Å². The maximum Gasteiger partial charge on any atom is 0.315 e. The number of carbonyl (C=O) groups is 1. The van der Waals surface area contributed by atoms with Crippen molar-refractivity contribution >= 4 is 5.97 Å². The minimum absolute atomic E-state index is 0.00454. The SMILES string of the molecule is C[C@H]1[C@H](C)CC[C@]2(C(=O)O[C@@H]3O[C@H](CO)[C@@H](O)[C@H](O)[C@H]3O)CC[C@]3(CO)C(=CC[C@@H]4[C@@]5(C)CC[C@H](O[C@@H]6OC[C@H](O)[C@H](O[C@@H]7O[C@H](CO)[C@@H](O)[C@H](O)[C@H]7O)[C@H]6O[C@@H]6OC[C@@H](O)[C@H](O)[C@H]6O)C(C)(C)[C@@H]5CC[C@]43C)[C@H]12. The summed E-state index contributed by atoms with van der Waals surface area (Å²) in [5.74, 6) is -0.526. The third-order valence-corrected chi connectivity index (χ3v) is 20.9. The van der Waals surface area contributed by atoms with Gasteiger partial charge in [0.15, 0.2) is 18.9 Å². The van der Waals surface area contributed by atoms with Crippen molar-refractivity contribution in [2.75, 3.05) is 33.0 Å². The predicted molar refractivity (Wildman–Crippen MR) is 252 cm³/mol. The number of ether oxygens (including phenoxy) is 8. The number of esters is 1. The molecule has 13 N–H and O–H groups in total. The lowest BCUT2D eigenvalue weighted by Gasteiger charge is -2.71. The van der Waals surface area contributed by atoms with E-state index in [4.69, 9.17) is 37.9 Å². The van der Waals surface area contributed by atoms with E-state index in [1.54, 1.807) is 0 Å². The Balaban J connectivity index is 0.983. The molecular formula is C52H84O22. The maximum atomic E-state index is 14.8. The van der Waals surface area contributed by atoms with Crippen LogP contribution < -0.4 is 0 Å². The zero-order valence-electron chi connectivity index (χ0n) is 43.3. The molecule has 22 nitrogen and oxygen atoms in total. The molecule has 74 heavy (non-hydrogen) atoms. The van der Waals surface area contributed by atoms with Crippen molar-refractivity contribution in [3.63, 3.8) is 0 Å². The molecule has 9 aliphatic rings. The van der Waals surface area contributed by atoms with Crippen LogP contribution in [0.4, 0.5) is 0 Å². The van der Waals surface area contributed by atoms with E-state index in [9.17, 15) is 71.2 Å². The highest BCUT2D eigenvalue weighted by atomic mass is 16.8. The Hall–Kier alpha value is -1.59. The third kappa shape index (κ3) is 8.98. The van der Waals surface area contributed by atoms with Gasteiger partial charge in [-0.15, -0.1) is 0 Å². The Morgan fingerprint density at radius 2 is 1.20 bits per heavy atom. The van der Waals surface area contributed by atoms with Crippen molar-refractivity contribution in [2.24, 2.45) is 56.7 Å². The first-order valence-electron chi connectivity index (χ1n) is 26.9. The predicted octanol–water partition coefficient (Wildman–Crippen LogP) is -1.93. The highest BCUT2D eigenvalue weighted by Crippen LogP contribution is 2.76. The molecule has 22 heteroatoms. The van der Waals surface area contributed by atoms with Crippen LogP contribution in [0.3, 0.4) is 0 Å². The van der Waals surface area contributed by atoms with Gasteiger partial charge in [0.1, 0.15) is 85.5 Å². The molecule has 424 valence electrons. The van der Waals surface area contributed by atoms with E-state index < -0.39 is 164 Å². The summed E-state index contributed by atoms with van der Waals surface area (Å²) < 4.78 is 48.5. The van der Waals surface area contributed by atoms with Crippen molar-refractivity contribution < 1.29 is 109 Å². The van der Waals surface area contributed by atoms with Gasteiger partial charge in [0.2, 0.25) is 6.29 Å². The number of rotatable bonds is 11. The number of hydrogen-bond donors (Lipinski definition) is 13. The van der Waals surface area contributed by atoms with E-state index in [0.717, 1.165) is 24.8 Å². The van der Waals surface area contributed by atoms with Gasteiger partial charge >= 0.3 is 5.97 Å². The lowest BCUT2D eigenvalue weighted by Crippen LogP contribution is -2.68. The molecule has 0 aromatic carbocycles. The Labute approximate surface area is 431 Å². The van der Waals surface area contributed by atoms with Gasteiger partial charge in [-0.05, 0) is 104 Å². The van der Waals surface area contributed by atoms with Gasteiger partial charge in [-0.1, -0.05) is 53.2 Å². The summed E-state index contributed by atoms with van der Waals surface area (Å²) in [5, 5.41) is 139. The highest BCUT2D eigenvalue weighted by Gasteiger charge is 2.71. The topological polar surface area (TPSA) is 354 Å². The molecule has 4 heterocycles. The molecule has 28 atom stereocenters. The number of aliphatic hydroxyl groups excluding tert-OH is 13. The summed E-state index contributed by atoms with van der Waals surface area (Å²) in [5.41, 5.74) is -1.95. The quantitative estimate of drug-likeness (QED) is 0.0609. The lowest BCUT2D eigenvalue weighted by atomic mass is 9.33. The molecule has 4 saturated carbocycles. The van der Waals surface area contributed by atoms with Crippen LogP contribution in [0.5, 0.6) is 0 Å².